The van der Waals surface area contributed by atoms with Crippen LogP contribution in [0.15, 0.2) is 29.3 Å². The molecular formula is C19H31IN4. The van der Waals surface area contributed by atoms with Crippen LogP contribution in [0.4, 0.5) is 0 Å². The summed E-state index contributed by atoms with van der Waals surface area (Å²) in [6.45, 7) is 8.42. The summed E-state index contributed by atoms with van der Waals surface area (Å²) in [4.78, 5) is 7.45. The van der Waals surface area contributed by atoms with Crippen molar-refractivity contribution >= 4 is 29.9 Å². The smallest absolute Gasteiger partial charge is 0.191 e. The summed E-state index contributed by atoms with van der Waals surface area (Å²) in [6.07, 6.45) is 4.88. The Bertz CT molecular complexity index is 542. The van der Waals surface area contributed by atoms with Gasteiger partial charge in [-0.1, -0.05) is 31.2 Å². The maximum Gasteiger partial charge on any atom is 0.191 e. The van der Waals surface area contributed by atoms with Gasteiger partial charge < -0.3 is 10.6 Å². The summed E-state index contributed by atoms with van der Waals surface area (Å²) in [6, 6.07) is 10.0. The fourth-order valence-electron chi connectivity index (χ4n) is 3.27. The molecule has 4 nitrogen and oxygen atoms in total. The summed E-state index contributed by atoms with van der Waals surface area (Å²) in [5.74, 6) is 0.992. The van der Waals surface area contributed by atoms with Gasteiger partial charge in [-0.2, -0.15) is 0 Å². The maximum absolute atomic E-state index is 4.85. The van der Waals surface area contributed by atoms with Gasteiger partial charge >= 0.3 is 0 Å². The Morgan fingerprint density at radius 1 is 1.25 bits per heavy atom. The van der Waals surface area contributed by atoms with Crippen molar-refractivity contribution in [3.05, 3.63) is 35.4 Å². The summed E-state index contributed by atoms with van der Waals surface area (Å²) >= 11 is 0. The van der Waals surface area contributed by atoms with Crippen LogP contribution in [0.5, 0.6) is 0 Å². The summed E-state index contributed by atoms with van der Waals surface area (Å²) in [5.41, 5.74) is 3.01. The molecule has 1 unspecified atom stereocenters. The first-order chi connectivity index (χ1) is 11.3. The highest BCUT2D eigenvalue weighted by Gasteiger charge is 2.24. The second-order valence-electron chi connectivity index (χ2n) is 6.69. The van der Waals surface area contributed by atoms with E-state index in [1.807, 2.05) is 0 Å². The molecule has 1 aromatic rings. The van der Waals surface area contributed by atoms with Crippen LogP contribution in [0.2, 0.25) is 0 Å². The van der Waals surface area contributed by atoms with Gasteiger partial charge in [0.25, 0.3) is 0 Å². The zero-order valence-electron chi connectivity index (χ0n) is 14.9. The number of guanidine groups is 1. The number of nitrogens with one attached hydrogen (secondary N) is 2. The summed E-state index contributed by atoms with van der Waals surface area (Å²) in [7, 11) is 0. The molecule has 24 heavy (non-hydrogen) atoms. The zero-order chi connectivity index (χ0) is 16.1. The third kappa shape index (κ3) is 5.34. The highest BCUT2D eigenvalue weighted by molar-refractivity contribution is 14.0. The van der Waals surface area contributed by atoms with E-state index in [0.717, 1.165) is 45.0 Å². The van der Waals surface area contributed by atoms with Crippen LogP contribution in [-0.2, 0) is 13.0 Å². The van der Waals surface area contributed by atoms with E-state index >= 15 is 0 Å². The Kier molecular flexibility index (Phi) is 7.81. The lowest BCUT2D eigenvalue weighted by Crippen LogP contribution is -2.43. The first-order valence-corrected chi connectivity index (χ1v) is 9.15. The number of halogens is 1. The minimum atomic E-state index is 0. The second-order valence-corrected chi connectivity index (χ2v) is 6.69. The molecule has 1 atom stereocenters. The molecular weight excluding hydrogens is 411 g/mol. The molecule has 0 aromatic heterocycles. The molecule has 2 aliphatic rings. The molecule has 5 heteroatoms. The molecule has 1 saturated carbocycles. The van der Waals surface area contributed by atoms with E-state index in [-0.39, 0.29) is 24.0 Å². The van der Waals surface area contributed by atoms with Gasteiger partial charge in [-0.15, -0.1) is 24.0 Å². The van der Waals surface area contributed by atoms with Crippen molar-refractivity contribution in [3.63, 3.8) is 0 Å². The Labute approximate surface area is 163 Å². The normalized spacial score (nSPS) is 19.2. The van der Waals surface area contributed by atoms with Crippen molar-refractivity contribution in [1.29, 1.82) is 0 Å². The largest absolute Gasteiger partial charge is 0.357 e. The number of hydrogen-bond acceptors (Lipinski definition) is 2. The lowest BCUT2D eigenvalue weighted by molar-refractivity contribution is 0.178. The maximum atomic E-state index is 4.85. The predicted octanol–water partition coefficient (Wildman–Crippen LogP) is 3.16. The number of hydrogen-bond donors (Lipinski definition) is 2. The molecule has 3 rings (SSSR count). The number of nitrogens with zero attached hydrogens (tertiary/aromatic N) is 2. The molecule has 1 aliphatic carbocycles. The van der Waals surface area contributed by atoms with Crippen molar-refractivity contribution < 1.29 is 0 Å². The van der Waals surface area contributed by atoms with Crippen LogP contribution in [0.25, 0.3) is 0 Å². The van der Waals surface area contributed by atoms with Crippen molar-refractivity contribution in [3.8, 4) is 0 Å². The van der Waals surface area contributed by atoms with Crippen molar-refractivity contribution in [2.75, 3.05) is 19.6 Å². The molecule has 1 heterocycles. The topological polar surface area (TPSA) is 39.7 Å². The van der Waals surface area contributed by atoms with Crippen LogP contribution in [-0.4, -0.2) is 42.6 Å². The van der Waals surface area contributed by atoms with E-state index in [0.29, 0.717) is 12.1 Å². The highest BCUT2D eigenvalue weighted by atomic mass is 127. The monoisotopic (exact) mass is 442 g/mol. The van der Waals surface area contributed by atoms with Gasteiger partial charge in [0.05, 0.1) is 6.54 Å². The van der Waals surface area contributed by atoms with Crippen LogP contribution in [0.3, 0.4) is 0 Å². The van der Waals surface area contributed by atoms with Crippen LogP contribution < -0.4 is 10.6 Å². The average molecular weight is 442 g/mol. The third-order valence-electron chi connectivity index (χ3n) is 4.87. The first-order valence-electron chi connectivity index (χ1n) is 9.15. The predicted molar refractivity (Wildman–Crippen MR) is 112 cm³/mol. The molecule has 1 aliphatic heterocycles. The Morgan fingerprint density at radius 3 is 2.67 bits per heavy atom. The number of fused-ring (bicyclic) bond motifs is 1. The van der Waals surface area contributed by atoms with Crippen molar-refractivity contribution in [1.82, 2.24) is 15.5 Å². The van der Waals surface area contributed by atoms with Gasteiger partial charge in [0.2, 0.25) is 0 Å². The minimum absolute atomic E-state index is 0. The third-order valence-corrected chi connectivity index (χ3v) is 4.87. The quantitative estimate of drug-likeness (QED) is 0.404. The van der Waals surface area contributed by atoms with Gasteiger partial charge in [0.15, 0.2) is 5.96 Å². The number of aliphatic imine (C=N–C) groups is 1. The lowest BCUT2D eigenvalue weighted by atomic mass is 9.98. The van der Waals surface area contributed by atoms with Gasteiger partial charge in [0, 0.05) is 31.7 Å². The molecule has 1 fully saturated rings. The number of rotatable bonds is 6. The average Bonchev–Trinajstić information content (AvgIpc) is 3.39. The van der Waals surface area contributed by atoms with E-state index in [1.54, 1.807) is 0 Å². The van der Waals surface area contributed by atoms with Crippen LogP contribution in [0, 0.1) is 0 Å². The standard InChI is InChI=1S/C19H30N4.HI/c1-3-18(13-21-19(20-4-2)22-17-9-10-17)23-12-11-15-7-5-6-8-16(15)14-23;/h5-8,17-18H,3-4,9-14H2,1-2H3,(H2,20,21,22);1H. The zero-order valence-corrected chi connectivity index (χ0v) is 17.3. The SMILES string of the molecule is CCNC(=NCC(CC)N1CCc2ccccc2C1)NC1CC1.I. The fraction of sp³-hybridized carbons (Fsp3) is 0.632. The van der Waals surface area contributed by atoms with E-state index in [4.69, 9.17) is 4.99 Å². The molecule has 0 spiro atoms. The fourth-order valence-corrected chi connectivity index (χ4v) is 3.27. The summed E-state index contributed by atoms with van der Waals surface area (Å²) in [5, 5.41) is 6.88. The van der Waals surface area contributed by atoms with Gasteiger partial charge in [-0.05, 0) is 43.7 Å². The Hall–Kier alpha value is -0.820. The van der Waals surface area contributed by atoms with Crippen molar-refractivity contribution in [2.24, 2.45) is 4.99 Å². The lowest BCUT2D eigenvalue weighted by Gasteiger charge is -2.34. The Balaban J connectivity index is 0.00000208. The van der Waals surface area contributed by atoms with Crippen LogP contribution in [0.1, 0.15) is 44.2 Å². The summed E-state index contributed by atoms with van der Waals surface area (Å²) < 4.78 is 0. The van der Waals surface area contributed by atoms with Crippen molar-refractivity contribution in [2.45, 2.75) is 58.2 Å². The van der Waals surface area contributed by atoms with Gasteiger partial charge in [-0.3, -0.25) is 9.89 Å². The van der Waals surface area contributed by atoms with E-state index in [1.165, 1.54) is 24.0 Å². The molecule has 134 valence electrons. The van der Waals surface area contributed by atoms with E-state index in [9.17, 15) is 0 Å². The molecule has 1 aromatic carbocycles. The molecule has 0 radical (unpaired) electrons. The number of benzene rings is 1. The minimum Gasteiger partial charge on any atom is -0.357 e. The highest BCUT2D eigenvalue weighted by Crippen LogP contribution is 2.21. The molecule has 0 amide bonds. The van der Waals surface area contributed by atoms with Gasteiger partial charge in [0.1, 0.15) is 0 Å². The molecule has 0 saturated heterocycles. The Morgan fingerprint density at radius 2 is 2.00 bits per heavy atom. The second kappa shape index (κ2) is 9.61. The van der Waals surface area contributed by atoms with E-state index < -0.39 is 0 Å². The first kappa shape index (κ1) is 19.5. The van der Waals surface area contributed by atoms with E-state index in [2.05, 4.69) is 53.6 Å². The van der Waals surface area contributed by atoms with Crippen LogP contribution >= 0.6 is 24.0 Å². The van der Waals surface area contributed by atoms with Gasteiger partial charge in [-0.25, -0.2) is 0 Å². The molecule has 0 bridgehead atoms. The molecule has 2 N–H and O–H groups in total.